The van der Waals surface area contributed by atoms with Crippen LogP contribution in [0.25, 0.3) is 0 Å². The Hall–Kier alpha value is -2.63. The first-order valence-corrected chi connectivity index (χ1v) is 6.23. The summed E-state index contributed by atoms with van der Waals surface area (Å²) in [6.07, 6.45) is 5.18. The molecule has 2 rings (SSSR count). The van der Waals surface area contributed by atoms with Crippen molar-refractivity contribution in [2.24, 2.45) is 5.73 Å². The van der Waals surface area contributed by atoms with Crippen molar-refractivity contribution in [2.75, 3.05) is 11.9 Å². The third kappa shape index (κ3) is 4.24. The van der Waals surface area contributed by atoms with E-state index in [0.29, 0.717) is 12.3 Å². The van der Waals surface area contributed by atoms with E-state index in [9.17, 15) is 4.79 Å². The summed E-state index contributed by atoms with van der Waals surface area (Å²) < 4.78 is 5.54. The molecule has 0 saturated heterocycles. The lowest BCUT2D eigenvalue weighted by Gasteiger charge is -2.12. The Kier molecular flexibility index (Phi) is 4.88. The van der Waals surface area contributed by atoms with Crippen LogP contribution in [0.1, 0.15) is 12.0 Å². The van der Waals surface area contributed by atoms with Gasteiger partial charge in [0.15, 0.2) is 0 Å². The number of nitrogens with one attached hydrogen (secondary N) is 1. The molecular weight excluding hydrogens is 256 g/mol. The van der Waals surface area contributed by atoms with Gasteiger partial charge in [-0.1, -0.05) is 12.1 Å². The van der Waals surface area contributed by atoms with Gasteiger partial charge in [0.1, 0.15) is 12.1 Å². The number of anilines is 1. The van der Waals surface area contributed by atoms with Crippen molar-refractivity contribution >= 4 is 11.6 Å². The number of amides is 1. The van der Waals surface area contributed by atoms with E-state index in [1.54, 1.807) is 12.4 Å². The summed E-state index contributed by atoms with van der Waals surface area (Å²) >= 11 is 0. The second-order valence-electron chi connectivity index (χ2n) is 4.16. The standard InChI is InChI=1S/C14H16N4O2/c15-14(19)5-6-20-13-4-2-1-3-12(13)18-9-11-7-16-10-17-8-11/h1-4,7-8,10,18H,5-6,9H2,(H2,15,19). The van der Waals surface area contributed by atoms with E-state index in [4.69, 9.17) is 10.5 Å². The molecule has 0 bridgehead atoms. The van der Waals surface area contributed by atoms with Crippen LogP contribution in [0, 0.1) is 0 Å². The van der Waals surface area contributed by atoms with E-state index in [1.807, 2.05) is 24.3 Å². The fourth-order valence-electron chi connectivity index (χ4n) is 1.62. The maximum Gasteiger partial charge on any atom is 0.220 e. The smallest absolute Gasteiger partial charge is 0.220 e. The molecule has 2 aromatic rings. The Morgan fingerprint density at radius 1 is 1.25 bits per heavy atom. The van der Waals surface area contributed by atoms with E-state index in [-0.39, 0.29) is 18.9 Å². The number of primary amides is 1. The molecule has 20 heavy (non-hydrogen) atoms. The van der Waals surface area contributed by atoms with Crippen LogP contribution in [0.15, 0.2) is 43.0 Å². The van der Waals surface area contributed by atoms with Crippen LogP contribution >= 0.6 is 0 Å². The van der Waals surface area contributed by atoms with E-state index in [2.05, 4.69) is 15.3 Å². The number of para-hydroxylation sites is 2. The monoisotopic (exact) mass is 272 g/mol. The zero-order chi connectivity index (χ0) is 14.2. The lowest BCUT2D eigenvalue weighted by Crippen LogP contribution is -2.15. The number of benzene rings is 1. The van der Waals surface area contributed by atoms with Crippen molar-refractivity contribution < 1.29 is 9.53 Å². The van der Waals surface area contributed by atoms with E-state index < -0.39 is 0 Å². The summed E-state index contributed by atoms with van der Waals surface area (Å²) in [5.74, 6) is 0.308. The summed E-state index contributed by atoms with van der Waals surface area (Å²) in [4.78, 5) is 18.6. The van der Waals surface area contributed by atoms with Gasteiger partial charge in [-0.05, 0) is 12.1 Å². The van der Waals surface area contributed by atoms with Gasteiger partial charge >= 0.3 is 0 Å². The van der Waals surface area contributed by atoms with Crippen LogP contribution in [0.4, 0.5) is 5.69 Å². The molecule has 1 amide bonds. The average Bonchev–Trinajstić information content (AvgIpc) is 2.47. The molecule has 6 heteroatoms. The lowest BCUT2D eigenvalue weighted by molar-refractivity contribution is -0.118. The average molecular weight is 272 g/mol. The van der Waals surface area contributed by atoms with Crippen molar-refractivity contribution in [3.05, 3.63) is 48.5 Å². The van der Waals surface area contributed by atoms with Gasteiger partial charge in [0, 0.05) is 24.5 Å². The number of rotatable bonds is 7. The van der Waals surface area contributed by atoms with Crippen molar-refractivity contribution in [3.63, 3.8) is 0 Å². The minimum absolute atomic E-state index is 0.195. The fourth-order valence-corrected chi connectivity index (χ4v) is 1.62. The van der Waals surface area contributed by atoms with Crippen LogP contribution in [-0.2, 0) is 11.3 Å². The van der Waals surface area contributed by atoms with Crippen molar-refractivity contribution in [2.45, 2.75) is 13.0 Å². The van der Waals surface area contributed by atoms with Crippen LogP contribution in [0.3, 0.4) is 0 Å². The zero-order valence-corrected chi connectivity index (χ0v) is 11.0. The number of carbonyl (C=O) groups excluding carboxylic acids is 1. The molecule has 6 nitrogen and oxygen atoms in total. The minimum Gasteiger partial charge on any atom is -0.491 e. The first kappa shape index (κ1) is 13.8. The van der Waals surface area contributed by atoms with Crippen molar-refractivity contribution in [3.8, 4) is 5.75 Å². The van der Waals surface area contributed by atoms with E-state index in [1.165, 1.54) is 6.33 Å². The number of nitrogens with two attached hydrogens (primary N) is 1. The quantitative estimate of drug-likeness (QED) is 0.794. The van der Waals surface area contributed by atoms with Crippen LogP contribution in [0.2, 0.25) is 0 Å². The van der Waals surface area contributed by atoms with Crippen LogP contribution in [-0.4, -0.2) is 22.5 Å². The van der Waals surface area contributed by atoms with Gasteiger partial charge in [-0.3, -0.25) is 4.79 Å². The van der Waals surface area contributed by atoms with Crippen LogP contribution in [0.5, 0.6) is 5.75 Å². The normalized spacial score (nSPS) is 10.0. The molecule has 1 heterocycles. The number of ether oxygens (including phenoxy) is 1. The number of aromatic nitrogens is 2. The highest BCUT2D eigenvalue weighted by Crippen LogP contribution is 2.24. The number of nitrogens with zero attached hydrogens (tertiary/aromatic N) is 2. The summed E-state index contributed by atoms with van der Waals surface area (Å²) in [5.41, 5.74) is 6.90. The predicted molar refractivity (Wildman–Crippen MR) is 75.1 cm³/mol. The Balaban J connectivity index is 1.95. The summed E-state index contributed by atoms with van der Waals surface area (Å²) in [5, 5.41) is 3.25. The third-order valence-corrected chi connectivity index (χ3v) is 2.59. The molecule has 0 unspecified atom stereocenters. The molecule has 0 aliphatic heterocycles. The highest BCUT2D eigenvalue weighted by molar-refractivity contribution is 5.73. The topological polar surface area (TPSA) is 90.1 Å². The maximum atomic E-state index is 10.7. The maximum absolute atomic E-state index is 10.7. The molecule has 1 aromatic carbocycles. The lowest BCUT2D eigenvalue weighted by atomic mass is 10.2. The van der Waals surface area contributed by atoms with Gasteiger partial charge in [0.2, 0.25) is 5.91 Å². The second kappa shape index (κ2) is 7.08. The Labute approximate surface area is 117 Å². The van der Waals surface area contributed by atoms with Crippen LogP contribution < -0.4 is 15.8 Å². The fraction of sp³-hybridized carbons (Fsp3) is 0.214. The SMILES string of the molecule is NC(=O)CCOc1ccccc1NCc1cncnc1. The summed E-state index contributed by atoms with van der Waals surface area (Å²) in [6, 6.07) is 7.52. The van der Waals surface area contributed by atoms with Gasteiger partial charge in [-0.2, -0.15) is 0 Å². The molecule has 0 spiro atoms. The largest absolute Gasteiger partial charge is 0.491 e. The first-order chi connectivity index (χ1) is 9.75. The van der Waals surface area contributed by atoms with Gasteiger partial charge < -0.3 is 15.8 Å². The predicted octanol–water partition coefficient (Wildman–Crippen LogP) is 1.34. The molecule has 0 fully saturated rings. The van der Waals surface area contributed by atoms with Gasteiger partial charge in [0.25, 0.3) is 0 Å². The molecule has 0 saturated carbocycles. The van der Waals surface area contributed by atoms with Gasteiger partial charge in [-0.25, -0.2) is 9.97 Å². The van der Waals surface area contributed by atoms with E-state index in [0.717, 1.165) is 11.3 Å². The number of hydrogen-bond acceptors (Lipinski definition) is 5. The summed E-state index contributed by atoms with van der Waals surface area (Å²) in [7, 11) is 0. The minimum atomic E-state index is -0.378. The highest BCUT2D eigenvalue weighted by atomic mass is 16.5. The molecule has 1 aromatic heterocycles. The van der Waals surface area contributed by atoms with E-state index >= 15 is 0 Å². The molecule has 0 atom stereocenters. The van der Waals surface area contributed by atoms with Gasteiger partial charge in [0.05, 0.1) is 18.7 Å². The first-order valence-electron chi connectivity index (χ1n) is 6.23. The summed E-state index contributed by atoms with van der Waals surface area (Å²) in [6.45, 7) is 0.861. The second-order valence-corrected chi connectivity index (χ2v) is 4.16. The van der Waals surface area contributed by atoms with Crippen molar-refractivity contribution in [1.29, 1.82) is 0 Å². The van der Waals surface area contributed by atoms with Gasteiger partial charge in [-0.15, -0.1) is 0 Å². The van der Waals surface area contributed by atoms with Crippen molar-refractivity contribution in [1.82, 2.24) is 9.97 Å². The Morgan fingerprint density at radius 2 is 2.00 bits per heavy atom. The molecule has 104 valence electrons. The zero-order valence-electron chi connectivity index (χ0n) is 11.0. The molecule has 0 aliphatic rings. The molecule has 0 radical (unpaired) electrons. The molecule has 0 aliphatic carbocycles. The molecular formula is C14H16N4O2. The number of hydrogen-bond donors (Lipinski definition) is 2. The Morgan fingerprint density at radius 3 is 2.75 bits per heavy atom. The Bertz CT molecular complexity index is 560. The third-order valence-electron chi connectivity index (χ3n) is 2.59. The molecule has 3 N–H and O–H groups in total. The highest BCUT2D eigenvalue weighted by Gasteiger charge is 2.03. The number of carbonyl (C=O) groups is 1.